The summed E-state index contributed by atoms with van der Waals surface area (Å²) in [5.74, 6) is -0.559. The summed E-state index contributed by atoms with van der Waals surface area (Å²) < 4.78 is 12.9. The maximum Gasteiger partial charge on any atom is 0.254 e. The molecule has 8 rings (SSSR count). The van der Waals surface area contributed by atoms with Gasteiger partial charge in [0, 0.05) is 16.9 Å². The van der Waals surface area contributed by atoms with Gasteiger partial charge in [0.2, 0.25) is 0 Å². The molecule has 2 bridgehead atoms. The van der Waals surface area contributed by atoms with E-state index < -0.39 is 11.8 Å². The van der Waals surface area contributed by atoms with Crippen LogP contribution >= 0.6 is 34.2 Å². The Kier molecular flexibility index (Phi) is 7.02. The third-order valence-electron chi connectivity index (χ3n) is 8.38. The predicted octanol–water partition coefficient (Wildman–Crippen LogP) is 7.15. The van der Waals surface area contributed by atoms with Crippen LogP contribution in [0.3, 0.4) is 0 Å². The first-order valence-corrected chi connectivity index (χ1v) is 15.3. The van der Waals surface area contributed by atoms with Gasteiger partial charge in [-0.15, -0.1) is 0 Å². The van der Waals surface area contributed by atoms with Gasteiger partial charge in [-0.3, -0.25) is 9.59 Å². The van der Waals surface area contributed by atoms with Crippen LogP contribution in [-0.4, -0.2) is 29.6 Å². The van der Waals surface area contributed by atoms with E-state index in [2.05, 4.69) is 52.0 Å². The molecule has 0 saturated carbocycles. The van der Waals surface area contributed by atoms with E-state index in [0.29, 0.717) is 35.3 Å². The summed E-state index contributed by atoms with van der Waals surface area (Å²) in [5.41, 5.74) is 6.24. The van der Waals surface area contributed by atoms with E-state index in [1.165, 1.54) is 0 Å². The van der Waals surface area contributed by atoms with Gasteiger partial charge in [-0.05, 0) is 87.2 Å². The van der Waals surface area contributed by atoms with Crippen molar-refractivity contribution in [2.75, 3.05) is 6.61 Å². The number of nitrogens with zero attached hydrogens (tertiary/aromatic N) is 2. The standard InChI is InChI=1S/C34H26ClIN2O4/c1-2-41-27-16-20(15-26(36)32(27)42-18-19-11-13-21(35)14-12-19)17-37-38-33(39)30-28-22-7-3-4-8-23(22)29(31(30)34(38)40)25-10-6-5-9-24(25)28/h3-17,28-31H,2,18H2,1H3/b37-17-/t28?,29?,30-,31-/m1/s1. The summed E-state index contributed by atoms with van der Waals surface area (Å²) in [6.07, 6.45) is 1.56. The lowest BCUT2D eigenvalue weighted by Gasteiger charge is -2.45. The molecule has 4 aromatic rings. The summed E-state index contributed by atoms with van der Waals surface area (Å²) in [4.78, 5) is 27.7. The number of rotatable bonds is 7. The molecule has 0 aromatic heterocycles. The van der Waals surface area contributed by atoms with Gasteiger partial charge in [0.25, 0.3) is 11.8 Å². The number of amides is 2. The lowest BCUT2D eigenvalue weighted by Crippen LogP contribution is -2.41. The van der Waals surface area contributed by atoms with Crippen LogP contribution in [0.5, 0.6) is 11.5 Å². The van der Waals surface area contributed by atoms with Crippen LogP contribution in [0.15, 0.2) is 90.0 Å². The molecule has 0 spiro atoms. The zero-order chi connectivity index (χ0) is 29.0. The molecule has 2 amide bonds. The van der Waals surface area contributed by atoms with Gasteiger partial charge in [-0.2, -0.15) is 10.1 Å². The van der Waals surface area contributed by atoms with Crippen molar-refractivity contribution in [1.29, 1.82) is 0 Å². The van der Waals surface area contributed by atoms with E-state index in [0.717, 1.165) is 36.4 Å². The van der Waals surface area contributed by atoms with Crippen molar-refractivity contribution < 1.29 is 19.1 Å². The molecule has 0 unspecified atom stereocenters. The largest absolute Gasteiger partial charge is 0.490 e. The van der Waals surface area contributed by atoms with Gasteiger partial charge in [0.05, 0.1) is 28.2 Å². The number of hydrogen-bond acceptors (Lipinski definition) is 5. The van der Waals surface area contributed by atoms with E-state index in [9.17, 15) is 9.59 Å². The normalized spacial score (nSPS) is 21.8. The molecule has 210 valence electrons. The highest BCUT2D eigenvalue weighted by Gasteiger charge is 2.61. The number of hydrogen-bond donors (Lipinski definition) is 0. The van der Waals surface area contributed by atoms with Gasteiger partial charge in [-0.1, -0.05) is 72.3 Å². The Labute approximate surface area is 262 Å². The Balaban J connectivity index is 1.18. The molecule has 0 N–H and O–H groups in total. The van der Waals surface area contributed by atoms with Crippen molar-refractivity contribution in [2.45, 2.75) is 25.4 Å². The first-order valence-electron chi connectivity index (χ1n) is 13.9. The second-order valence-corrected chi connectivity index (χ2v) is 12.3. The fraction of sp³-hybridized carbons (Fsp3) is 0.206. The van der Waals surface area contributed by atoms with Gasteiger partial charge in [0.15, 0.2) is 11.5 Å². The number of ether oxygens (including phenoxy) is 2. The van der Waals surface area contributed by atoms with Crippen LogP contribution in [0.1, 0.15) is 52.1 Å². The third-order valence-corrected chi connectivity index (χ3v) is 9.43. The minimum Gasteiger partial charge on any atom is -0.490 e. The van der Waals surface area contributed by atoms with Crippen molar-refractivity contribution in [3.05, 3.63) is 127 Å². The van der Waals surface area contributed by atoms with Crippen molar-refractivity contribution in [1.82, 2.24) is 5.01 Å². The summed E-state index contributed by atoms with van der Waals surface area (Å²) in [5, 5.41) is 6.23. The first kappa shape index (κ1) is 27.2. The lowest BCUT2D eigenvalue weighted by molar-refractivity contribution is -0.139. The molecule has 1 aliphatic heterocycles. The van der Waals surface area contributed by atoms with Crippen LogP contribution < -0.4 is 9.47 Å². The van der Waals surface area contributed by atoms with Crippen LogP contribution in [0, 0.1) is 15.4 Å². The highest BCUT2D eigenvalue weighted by atomic mass is 127. The smallest absolute Gasteiger partial charge is 0.254 e. The Morgan fingerprint density at radius 1 is 0.833 bits per heavy atom. The highest BCUT2D eigenvalue weighted by molar-refractivity contribution is 14.1. The molecule has 42 heavy (non-hydrogen) atoms. The van der Waals surface area contributed by atoms with Crippen LogP contribution in [0.4, 0.5) is 0 Å². The van der Waals surface area contributed by atoms with Crippen LogP contribution in [0.2, 0.25) is 5.02 Å². The molecule has 2 atom stereocenters. The summed E-state index contributed by atoms with van der Waals surface area (Å²) in [7, 11) is 0. The van der Waals surface area contributed by atoms with Crippen molar-refractivity contribution >= 4 is 52.2 Å². The molecule has 6 nitrogen and oxygen atoms in total. The average Bonchev–Trinajstić information content (AvgIpc) is 3.26. The number of halogens is 2. The van der Waals surface area contributed by atoms with Crippen LogP contribution in [0.25, 0.3) is 0 Å². The Hall–Kier alpha value is -3.69. The zero-order valence-electron chi connectivity index (χ0n) is 22.7. The molecule has 0 radical (unpaired) electrons. The van der Waals surface area contributed by atoms with E-state index >= 15 is 0 Å². The second-order valence-electron chi connectivity index (χ2n) is 10.7. The van der Waals surface area contributed by atoms with Crippen LogP contribution in [-0.2, 0) is 16.2 Å². The molecule has 1 fully saturated rings. The minimum atomic E-state index is -0.466. The molecule has 4 aromatic carbocycles. The van der Waals surface area contributed by atoms with Gasteiger partial charge >= 0.3 is 0 Å². The molecule has 4 aliphatic rings. The van der Waals surface area contributed by atoms with E-state index in [1.807, 2.05) is 67.6 Å². The number of hydrazone groups is 1. The minimum absolute atomic E-state index is 0.161. The fourth-order valence-corrected chi connectivity index (χ4v) is 7.61. The molecular formula is C34H26ClIN2O4. The van der Waals surface area contributed by atoms with Gasteiger partial charge in [0.1, 0.15) is 6.61 Å². The Morgan fingerprint density at radius 2 is 1.38 bits per heavy atom. The van der Waals surface area contributed by atoms with Crippen molar-refractivity contribution in [2.24, 2.45) is 16.9 Å². The average molecular weight is 689 g/mol. The molecular weight excluding hydrogens is 663 g/mol. The monoisotopic (exact) mass is 688 g/mol. The molecule has 1 saturated heterocycles. The number of carbonyl (C=O) groups excluding carboxylic acids is 2. The number of benzene rings is 4. The zero-order valence-corrected chi connectivity index (χ0v) is 25.6. The maximum atomic E-state index is 13.8. The number of carbonyl (C=O) groups is 2. The summed E-state index contributed by atoms with van der Waals surface area (Å²) >= 11 is 8.21. The van der Waals surface area contributed by atoms with Gasteiger partial charge < -0.3 is 9.47 Å². The van der Waals surface area contributed by atoms with E-state index in [-0.39, 0.29) is 23.7 Å². The fourth-order valence-electron chi connectivity index (χ4n) is 6.70. The van der Waals surface area contributed by atoms with Crippen molar-refractivity contribution in [3.63, 3.8) is 0 Å². The third kappa shape index (κ3) is 4.41. The molecule has 3 aliphatic carbocycles. The number of imide groups is 1. The maximum absolute atomic E-state index is 13.8. The van der Waals surface area contributed by atoms with Crippen molar-refractivity contribution in [3.8, 4) is 11.5 Å². The Morgan fingerprint density at radius 3 is 1.90 bits per heavy atom. The lowest BCUT2D eigenvalue weighted by atomic mass is 9.55. The first-order chi connectivity index (χ1) is 20.5. The Bertz CT molecular complexity index is 1640. The molecule has 8 heteroatoms. The quantitative estimate of drug-likeness (QED) is 0.118. The summed E-state index contributed by atoms with van der Waals surface area (Å²) in [6.45, 7) is 2.71. The van der Waals surface area contributed by atoms with E-state index in [1.54, 1.807) is 6.21 Å². The second kappa shape index (κ2) is 10.9. The topological polar surface area (TPSA) is 68.2 Å². The van der Waals surface area contributed by atoms with Gasteiger partial charge in [-0.25, -0.2) is 0 Å². The highest BCUT2D eigenvalue weighted by Crippen LogP contribution is 2.61. The summed E-state index contributed by atoms with van der Waals surface area (Å²) in [6, 6.07) is 27.6. The van der Waals surface area contributed by atoms with E-state index in [4.69, 9.17) is 21.1 Å². The predicted molar refractivity (Wildman–Crippen MR) is 169 cm³/mol. The molecule has 1 heterocycles. The SMILES string of the molecule is CCOc1cc(/C=N\N2C(=O)[C@@H]3C4c5ccccc5C(c5ccccc54)[C@H]3C2=O)cc(I)c1OCc1ccc(Cl)cc1.